The first kappa shape index (κ1) is 22.4. The quantitative estimate of drug-likeness (QED) is 0.365. The van der Waals surface area contributed by atoms with E-state index in [1.165, 1.54) is 6.08 Å². The van der Waals surface area contributed by atoms with Crippen LogP contribution in [-0.4, -0.2) is 41.2 Å². The number of anilines is 3. The Balaban J connectivity index is 1.60. The molecular formula is C26H23FN4O4. The van der Waals surface area contributed by atoms with Crippen molar-refractivity contribution in [1.82, 2.24) is 4.98 Å². The fourth-order valence-electron chi connectivity index (χ4n) is 4.67. The van der Waals surface area contributed by atoms with Crippen molar-refractivity contribution in [1.29, 1.82) is 0 Å². The number of benzene rings is 2. The average Bonchev–Trinajstić information content (AvgIpc) is 3.19. The zero-order chi connectivity index (χ0) is 24.7. The van der Waals surface area contributed by atoms with Crippen molar-refractivity contribution >= 4 is 28.9 Å². The number of allylic oxidation sites excluding steroid dienone is 1. The van der Waals surface area contributed by atoms with Crippen LogP contribution >= 0.6 is 0 Å². The van der Waals surface area contributed by atoms with Crippen molar-refractivity contribution < 1.29 is 23.8 Å². The van der Waals surface area contributed by atoms with E-state index in [1.54, 1.807) is 18.0 Å². The summed E-state index contributed by atoms with van der Waals surface area (Å²) in [4.78, 5) is 30.9. The molecule has 1 aromatic heterocycles. The standard InChI is InChI=1S/C26H23FN4O4/c1-14-31(12-11-30-18-9-5-6-10-29-18)23-21(27)22(28)20-19(25(23)35-14)16(15-7-3-2-4-8-15)13-17(24(20)32)26(33)34/h2-10,13-14,16H,11-12,28H2,1H3,(H,29,30)(H,33,34). The molecular weight excluding hydrogens is 451 g/mol. The Labute approximate surface area is 200 Å². The highest BCUT2D eigenvalue weighted by molar-refractivity contribution is 6.27. The van der Waals surface area contributed by atoms with E-state index in [4.69, 9.17) is 10.5 Å². The number of rotatable bonds is 6. The summed E-state index contributed by atoms with van der Waals surface area (Å²) in [6.07, 6.45) is 2.53. The van der Waals surface area contributed by atoms with Crippen LogP contribution in [0, 0.1) is 5.82 Å². The number of hydrogen-bond donors (Lipinski definition) is 3. The van der Waals surface area contributed by atoms with Gasteiger partial charge in [-0.1, -0.05) is 42.5 Å². The number of fused-ring (bicyclic) bond motifs is 3. The molecule has 0 fully saturated rings. The molecule has 178 valence electrons. The SMILES string of the molecule is CC1Oc2c3c(c(N)c(F)c2N1CCNc1ccccn1)C(=O)C(C(=O)O)=CC3c1ccccc1. The Morgan fingerprint density at radius 1 is 1.23 bits per heavy atom. The second-order valence-electron chi connectivity index (χ2n) is 8.35. The van der Waals surface area contributed by atoms with Crippen molar-refractivity contribution in [3.63, 3.8) is 0 Å². The molecule has 0 bridgehead atoms. The maximum Gasteiger partial charge on any atom is 0.339 e. The molecule has 2 aliphatic rings. The summed E-state index contributed by atoms with van der Waals surface area (Å²) >= 11 is 0. The predicted molar refractivity (Wildman–Crippen MR) is 129 cm³/mol. The summed E-state index contributed by atoms with van der Waals surface area (Å²) in [6, 6.07) is 14.6. The van der Waals surface area contributed by atoms with Gasteiger partial charge in [-0.2, -0.15) is 0 Å². The van der Waals surface area contributed by atoms with Crippen LogP contribution in [0.1, 0.15) is 34.3 Å². The first-order chi connectivity index (χ1) is 16.9. The molecule has 2 atom stereocenters. The third-order valence-corrected chi connectivity index (χ3v) is 6.29. The largest absolute Gasteiger partial charge is 0.478 e. The molecule has 4 N–H and O–H groups in total. The van der Waals surface area contributed by atoms with E-state index in [-0.39, 0.29) is 22.7 Å². The molecule has 3 aromatic rings. The molecule has 0 spiro atoms. The van der Waals surface area contributed by atoms with E-state index in [9.17, 15) is 14.7 Å². The Kier molecular flexibility index (Phi) is 5.60. The number of ether oxygens (including phenoxy) is 1. The van der Waals surface area contributed by atoms with Gasteiger partial charge in [0.1, 0.15) is 17.1 Å². The monoisotopic (exact) mass is 474 g/mol. The zero-order valence-electron chi connectivity index (χ0n) is 18.9. The molecule has 0 radical (unpaired) electrons. The van der Waals surface area contributed by atoms with Gasteiger partial charge in [0.2, 0.25) is 5.78 Å². The smallest absolute Gasteiger partial charge is 0.339 e. The van der Waals surface area contributed by atoms with E-state index >= 15 is 4.39 Å². The Bertz CT molecular complexity index is 1340. The van der Waals surface area contributed by atoms with Gasteiger partial charge < -0.3 is 25.8 Å². The molecule has 9 heteroatoms. The highest BCUT2D eigenvalue weighted by Gasteiger charge is 2.43. The van der Waals surface area contributed by atoms with E-state index in [0.29, 0.717) is 24.5 Å². The third kappa shape index (κ3) is 3.74. The van der Waals surface area contributed by atoms with Gasteiger partial charge in [-0.15, -0.1) is 0 Å². The van der Waals surface area contributed by atoms with E-state index in [0.717, 1.165) is 5.56 Å². The summed E-state index contributed by atoms with van der Waals surface area (Å²) in [7, 11) is 0. The number of carboxylic acid groups (broad SMARTS) is 1. The predicted octanol–water partition coefficient (Wildman–Crippen LogP) is 3.80. The number of hydrogen-bond acceptors (Lipinski definition) is 7. The van der Waals surface area contributed by atoms with Crippen LogP contribution in [0.3, 0.4) is 0 Å². The maximum atomic E-state index is 15.7. The Morgan fingerprint density at radius 2 is 1.97 bits per heavy atom. The third-order valence-electron chi connectivity index (χ3n) is 6.29. The summed E-state index contributed by atoms with van der Waals surface area (Å²) in [5.41, 5.74) is 6.48. The van der Waals surface area contributed by atoms with Gasteiger partial charge in [0.25, 0.3) is 0 Å². The normalized spacial score (nSPS) is 18.4. The van der Waals surface area contributed by atoms with Crippen molar-refractivity contribution in [2.75, 3.05) is 29.0 Å². The number of nitrogens with two attached hydrogens (primary N) is 1. The lowest BCUT2D eigenvalue weighted by molar-refractivity contribution is -0.132. The first-order valence-corrected chi connectivity index (χ1v) is 11.2. The number of nitrogens with zero attached hydrogens (tertiary/aromatic N) is 2. The van der Waals surface area contributed by atoms with Gasteiger partial charge in [-0.3, -0.25) is 4.79 Å². The minimum atomic E-state index is -1.39. The summed E-state index contributed by atoms with van der Waals surface area (Å²) < 4.78 is 21.8. The number of aliphatic carboxylic acids is 1. The Morgan fingerprint density at radius 3 is 2.66 bits per heavy atom. The fourth-order valence-corrected chi connectivity index (χ4v) is 4.67. The molecule has 5 rings (SSSR count). The molecule has 0 saturated carbocycles. The number of halogens is 1. The van der Waals surface area contributed by atoms with Crippen molar-refractivity contribution in [2.24, 2.45) is 0 Å². The number of carboxylic acids is 1. The van der Waals surface area contributed by atoms with E-state index < -0.39 is 35.3 Å². The number of carbonyl (C=O) groups is 2. The highest BCUT2D eigenvalue weighted by atomic mass is 19.1. The molecule has 8 nitrogen and oxygen atoms in total. The number of ketones is 1. The van der Waals surface area contributed by atoms with Crippen LogP contribution in [0.2, 0.25) is 0 Å². The van der Waals surface area contributed by atoms with Gasteiger partial charge in [0, 0.05) is 30.8 Å². The van der Waals surface area contributed by atoms with Crippen LogP contribution in [0.15, 0.2) is 66.4 Å². The highest BCUT2D eigenvalue weighted by Crippen LogP contribution is 2.52. The molecule has 0 saturated heterocycles. The number of aromatic nitrogens is 1. The van der Waals surface area contributed by atoms with Crippen molar-refractivity contribution in [3.05, 3.63) is 88.9 Å². The fraction of sp³-hybridized carbons (Fsp3) is 0.192. The first-order valence-electron chi connectivity index (χ1n) is 11.2. The number of carbonyl (C=O) groups excluding carboxylic acids is 1. The summed E-state index contributed by atoms with van der Waals surface area (Å²) in [5.74, 6) is -2.77. The molecule has 2 unspecified atom stereocenters. The van der Waals surface area contributed by atoms with Gasteiger partial charge in [-0.05, 0) is 24.6 Å². The maximum absolute atomic E-state index is 15.7. The zero-order valence-corrected chi connectivity index (χ0v) is 18.9. The Hall–Kier alpha value is -4.40. The molecule has 2 heterocycles. The van der Waals surface area contributed by atoms with Crippen LogP contribution in [0.25, 0.3) is 0 Å². The number of nitrogen functional groups attached to an aromatic ring is 1. The minimum Gasteiger partial charge on any atom is -0.478 e. The number of pyridine rings is 1. The second kappa shape index (κ2) is 8.75. The lowest BCUT2D eigenvalue weighted by atomic mass is 9.78. The molecule has 2 aromatic carbocycles. The van der Waals surface area contributed by atoms with E-state index in [2.05, 4.69) is 10.3 Å². The average molecular weight is 474 g/mol. The van der Waals surface area contributed by atoms with E-state index in [1.807, 2.05) is 48.5 Å². The molecule has 1 aliphatic carbocycles. The van der Waals surface area contributed by atoms with Crippen LogP contribution in [-0.2, 0) is 4.79 Å². The van der Waals surface area contributed by atoms with Gasteiger partial charge in [-0.25, -0.2) is 14.2 Å². The lowest BCUT2D eigenvalue weighted by Gasteiger charge is -2.27. The van der Waals surface area contributed by atoms with Gasteiger partial charge in [0.05, 0.1) is 11.3 Å². The summed E-state index contributed by atoms with van der Waals surface area (Å²) in [6.45, 7) is 2.61. The molecule has 0 amide bonds. The van der Waals surface area contributed by atoms with Gasteiger partial charge >= 0.3 is 5.97 Å². The van der Waals surface area contributed by atoms with Gasteiger partial charge in [0.15, 0.2) is 17.8 Å². The van der Waals surface area contributed by atoms with Crippen LogP contribution in [0.4, 0.5) is 21.6 Å². The lowest BCUT2D eigenvalue weighted by Crippen LogP contribution is -2.36. The van der Waals surface area contributed by atoms with Crippen LogP contribution in [0.5, 0.6) is 5.75 Å². The topological polar surface area (TPSA) is 118 Å². The minimum absolute atomic E-state index is 0.157. The molecule has 35 heavy (non-hydrogen) atoms. The number of Topliss-reactive ketones (excluding diaryl/α,β-unsaturated/α-hetero) is 1. The number of nitrogens with one attached hydrogen (secondary N) is 1. The summed E-state index contributed by atoms with van der Waals surface area (Å²) in [5, 5.41) is 12.8. The van der Waals surface area contributed by atoms with Crippen LogP contribution < -0.4 is 20.7 Å². The molecule has 1 aliphatic heterocycles. The van der Waals surface area contributed by atoms with Crippen molar-refractivity contribution in [2.45, 2.75) is 19.1 Å². The second-order valence-corrected chi connectivity index (χ2v) is 8.35. The van der Waals surface area contributed by atoms with Crippen molar-refractivity contribution in [3.8, 4) is 5.75 Å².